The Bertz CT molecular complexity index is 909. The zero-order valence-electron chi connectivity index (χ0n) is 14.1. The molecule has 27 heavy (non-hydrogen) atoms. The molecule has 7 nitrogen and oxygen atoms in total. The number of rotatable bonds is 4. The van der Waals surface area contributed by atoms with Gasteiger partial charge in [-0.25, -0.2) is 9.37 Å². The Kier molecular flexibility index (Phi) is 5.95. The van der Waals surface area contributed by atoms with Crippen LogP contribution in [0.1, 0.15) is 20.1 Å². The predicted molar refractivity (Wildman–Crippen MR) is 98.4 cm³/mol. The molecule has 1 saturated heterocycles. The number of hydrogen-bond acceptors (Lipinski definition) is 6. The van der Waals surface area contributed by atoms with E-state index in [1.807, 2.05) is 0 Å². The van der Waals surface area contributed by atoms with Crippen LogP contribution in [0.25, 0.3) is 11.0 Å². The van der Waals surface area contributed by atoms with E-state index in [1.54, 1.807) is 6.07 Å². The molecule has 0 N–H and O–H groups in total. The molecule has 2 aromatic rings. The van der Waals surface area contributed by atoms with Crippen LogP contribution in [-0.2, 0) is 23.8 Å². The monoisotopic (exact) mass is 482 g/mol. The minimum absolute atomic E-state index is 0.263. The normalized spacial score (nSPS) is 25.0. The van der Waals surface area contributed by atoms with E-state index in [0.29, 0.717) is 16.1 Å². The van der Waals surface area contributed by atoms with Crippen LogP contribution in [0.5, 0.6) is 0 Å². The van der Waals surface area contributed by atoms with Crippen molar-refractivity contribution in [2.24, 2.45) is 0 Å². The fraction of sp³-hybridized carbons (Fsp3) is 0.438. The van der Waals surface area contributed by atoms with Gasteiger partial charge in [-0.2, -0.15) is 0 Å². The summed E-state index contributed by atoms with van der Waals surface area (Å²) < 4.78 is 32.6. The van der Waals surface area contributed by atoms with Crippen LogP contribution in [0.2, 0.25) is 10.0 Å². The van der Waals surface area contributed by atoms with Crippen molar-refractivity contribution in [2.75, 3.05) is 6.61 Å². The molecule has 4 atom stereocenters. The molecule has 11 heteroatoms. The van der Waals surface area contributed by atoms with Crippen molar-refractivity contribution in [3.05, 3.63) is 26.9 Å². The van der Waals surface area contributed by atoms with E-state index in [0.717, 1.165) is 6.92 Å². The lowest BCUT2D eigenvalue weighted by molar-refractivity contribution is -0.156. The number of alkyl halides is 1. The van der Waals surface area contributed by atoms with Gasteiger partial charge in [-0.1, -0.05) is 23.2 Å². The molecule has 146 valence electrons. The van der Waals surface area contributed by atoms with Crippen molar-refractivity contribution in [3.63, 3.8) is 0 Å². The standard InChI is InChI=1S/C16H14BrCl2FN2O5/c1-6(23)25-5-12-14(26-7(2)24)13(20)15(27-12)22-11-4-9(19)8(18)3-10(11)21-16(22)17/h3-4,12-15H,5H2,1-2H3/t12-,13-,14-,15-/m1/s1. The average molecular weight is 484 g/mol. The molecule has 0 bridgehead atoms. The van der Waals surface area contributed by atoms with E-state index in [-0.39, 0.29) is 16.4 Å². The van der Waals surface area contributed by atoms with Crippen LogP contribution in [0.4, 0.5) is 4.39 Å². The molecule has 1 fully saturated rings. The Hall–Kier alpha value is -1.42. The second-order valence-electron chi connectivity index (χ2n) is 5.89. The number of carbonyl (C=O) groups excluding carboxylic acids is 2. The van der Waals surface area contributed by atoms with Gasteiger partial charge < -0.3 is 14.2 Å². The van der Waals surface area contributed by atoms with E-state index in [1.165, 1.54) is 17.6 Å². The van der Waals surface area contributed by atoms with Crippen LogP contribution >= 0.6 is 39.1 Å². The third-order valence-electron chi connectivity index (χ3n) is 3.96. The molecule has 1 aromatic heterocycles. The third-order valence-corrected chi connectivity index (χ3v) is 5.24. The van der Waals surface area contributed by atoms with Gasteiger partial charge in [-0.05, 0) is 28.1 Å². The van der Waals surface area contributed by atoms with Crippen molar-refractivity contribution < 1.29 is 28.2 Å². The largest absolute Gasteiger partial charge is 0.463 e. The number of ether oxygens (including phenoxy) is 3. The summed E-state index contributed by atoms with van der Waals surface area (Å²) in [4.78, 5) is 26.7. The van der Waals surface area contributed by atoms with Gasteiger partial charge in [0.1, 0.15) is 12.7 Å². The maximum atomic E-state index is 15.2. The summed E-state index contributed by atoms with van der Waals surface area (Å²) in [6.45, 7) is 2.11. The number of benzene rings is 1. The molecular formula is C16H14BrCl2FN2O5. The van der Waals surface area contributed by atoms with Gasteiger partial charge >= 0.3 is 11.9 Å². The summed E-state index contributed by atoms with van der Waals surface area (Å²) in [6, 6.07) is 3.08. The first-order valence-corrected chi connectivity index (χ1v) is 9.36. The summed E-state index contributed by atoms with van der Waals surface area (Å²) in [5, 5.41) is 0.565. The molecule has 2 heterocycles. The van der Waals surface area contributed by atoms with E-state index < -0.39 is 36.5 Å². The Morgan fingerprint density at radius 3 is 2.59 bits per heavy atom. The summed E-state index contributed by atoms with van der Waals surface area (Å²) in [5.74, 6) is -1.24. The van der Waals surface area contributed by atoms with E-state index >= 15 is 4.39 Å². The lowest BCUT2D eigenvalue weighted by Gasteiger charge is -2.18. The first-order chi connectivity index (χ1) is 12.7. The quantitative estimate of drug-likeness (QED) is 0.615. The first kappa shape index (κ1) is 20.3. The van der Waals surface area contributed by atoms with Crippen molar-refractivity contribution in [1.29, 1.82) is 0 Å². The summed E-state index contributed by atoms with van der Waals surface area (Å²) >= 11 is 15.4. The Morgan fingerprint density at radius 2 is 1.96 bits per heavy atom. The summed E-state index contributed by atoms with van der Waals surface area (Å²) in [5.41, 5.74) is 0.943. The fourth-order valence-corrected chi connectivity index (χ4v) is 3.77. The highest BCUT2D eigenvalue weighted by molar-refractivity contribution is 9.10. The van der Waals surface area contributed by atoms with E-state index in [2.05, 4.69) is 20.9 Å². The van der Waals surface area contributed by atoms with Gasteiger partial charge in [-0.3, -0.25) is 14.2 Å². The van der Waals surface area contributed by atoms with Gasteiger partial charge in [0, 0.05) is 13.8 Å². The minimum atomic E-state index is -1.74. The molecule has 1 aromatic carbocycles. The molecule has 0 saturated carbocycles. The Labute approximate surface area is 171 Å². The molecular weight excluding hydrogens is 470 g/mol. The molecule has 0 spiro atoms. The molecule has 0 unspecified atom stereocenters. The molecule has 1 aliphatic heterocycles. The zero-order valence-corrected chi connectivity index (χ0v) is 17.2. The Balaban J connectivity index is 1.99. The third kappa shape index (κ3) is 4.06. The highest BCUT2D eigenvalue weighted by Gasteiger charge is 2.49. The lowest BCUT2D eigenvalue weighted by atomic mass is 10.1. The predicted octanol–water partition coefficient (Wildman–Crippen LogP) is 3.84. The van der Waals surface area contributed by atoms with E-state index in [4.69, 9.17) is 37.4 Å². The molecule has 0 radical (unpaired) electrons. The van der Waals surface area contributed by atoms with Crippen LogP contribution in [0.3, 0.4) is 0 Å². The fourth-order valence-electron chi connectivity index (χ4n) is 2.87. The van der Waals surface area contributed by atoms with Crippen LogP contribution in [0, 0.1) is 0 Å². The smallest absolute Gasteiger partial charge is 0.303 e. The van der Waals surface area contributed by atoms with Crippen LogP contribution in [0.15, 0.2) is 16.9 Å². The number of imidazole rings is 1. The van der Waals surface area contributed by atoms with Crippen LogP contribution in [-0.4, -0.2) is 46.5 Å². The second kappa shape index (κ2) is 7.90. The van der Waals surface area contributed by atoms with Crippen LogP contribution < -0.4 is 0 Å². The van der Waals surface area contributed by atoms with Crippen molar-refractivity contribution in [3.8, 4) is 0 Å². The number of aromatic nitrogens is 2. The maximum Gasteiger partial charge on any atom is 0.303 e. The number of halogens is 4. The van der Waals surface area contributed by atoms with Crippen molar-refractivity contribution in [1.82, 2.24) is 9.55 Å². The summed E-state index contributed by atoms with van der Waals surface area (Å²) in [7, 11) is 0. The van der Waals surface area contributed by atoms with Gasteiger partial charge in [0.2, 0.25) is 0 Å². The van der Waals surface area contributed by atoms with Crippen molar-refractivity contribution >= 4 is 62.1 Å². The number of carbonyl (C=O) groups is 2. The van der Waals surface area contributed by atoms with Gasteiger partial charge in [0.15, 0.2) is 23.2 Å². The van der Waals surface area contributed by atoms with E-state index in [9.17, 15) is 9.59 Å². The van der Waals surface area contributed by atoms with Gasteiger partial charge in [0.05, 0.1) is 21.1 Å². The SMILES string of the molecule is CC(=O)OC[C@H]1O[C@@H](n2c(Br)nc3cc(Cl)c(Cl)cc32)[C@H](F)[C@@H]1OC(C)=O. The molecule has 0 aliphatic carbocycles. The minimum Gasteiger partial charge on any atom is -0.463 e. The first-order valence-electron chi connectivity index (χ1n) is 7.81. The van der Waals surface area contributed by atoms with Gasteiger partial charge in [-0.15, -0.1) is 0 Å². The van der Waals surface area contributed by atoms with Crippen molar-refractivity contribution in [2.45, 2.75) is 38.5 Å². The molecule has 3 rings (SSSR count). The summed E-state index contributed by atoms with van der Waals surface area (Å²) in [6.07, 6.45) is -5.16. The maximum absolute atomic E-state index is 15.2. The second-order valence-corrected chi connectivity index (χ2v) is 7.42. The molecule has 1 aliphatic rings. The topological polar surface area (TPSA) is 79.7 Å². The highest BCUT2D eigenvalue weighted by Crippen LogP contribution is 2.39. The Morgan fingerprint density at radius 1 is 1.30 bits per heavy atom. The lowest BCUT2D eigenvalue weighted by Crippen LogP contribution is -2.36. The molecule has 0 amide bonds. The zero-order chi connectivity index (χ0) is 19.9. The number of esters is 2. The average Bonchev–Trinajstić information content (AvgIpc) is 3.03. The highest BCUT2D eigenvalue weighted by atomic mass is 79.9. The number of nitrogens with zero attached hydrogens (tertiary/aromatic N) is 2. The van der Waals surface area contributed by atoms with Gasteiger partial charge in [0.25, 0.3) is 0 Å². The number of fused-ring (bicyclic) bond motifs is 1. The number of hydrogen-bond donors (Lipinski definition) is 0.